The van der Waals surface area contributed by atoms with Crippen LogP contribution >= 0.6 is 11.8 Å². The third-order valence-electron chi connectivity index (χ3n) is 3.89. The number of benzene rings is 2. The van der Waals surface area contributed by atoms with Gasteiger partial charge in [-0.05, 0) is 57.2 Å². The van der Waals surface area contributed by atoms with E-state index in [4.69, 9.17) is 4.74 Å². The smallest absolute Gasteiger partial charge is 0.237 e. The van der Waals surface area contributed by atoms with E-state index in [0.717, 1.165) is 22.9 Å². The molecule has 27 heavy (non-hydrogen) atoms. The summed E-state index contributed by atoms with van der Waals surface area (Å²) in [4.78, 5) is 12.6. The fourth-order valence-corrected chi connectivity index (χ4v) is 3.46. The van der Waals surface area contributed by atoms with Crippen LogP contribution < -0.4 is 10.1 Å². The third kappa shape index (κ3) is 4.68. The van der Waals surface area contributed by atoms with E-state index in [1.807, 2.05) is 79.9 Å². The lowest BCUT2D eigenvalue weighted by Crippen LogP contribution is -2.22. The molecule has 1 heterocycles. The van der Waals surface area contributed by atoms with Gasteiger partial charge in [0.2, 0.25) is 5.91 Å². The fourth-order valence-electron chi connectivity index (χ4n) is 2.55. The van der Waals surface area contributed by atoms with E-state index in [-0.39, 0.29) is 11.2 Å². The molecule has 7 heteroatoms. The Morgan fingerprint density at radius 3 is 2.52 bits per heavy atom. The zero-order valence-electron chi connectivity index (χ0n) is 15.5. The van der Waals surface area contributed by atoms with Crippen LogP contribution in [0.2, 0.25) is 0 Å². The number of hydrogen-bond donors (Lipinski definition) is 1. The van der Waals surface area contributed by atoms with Crippen molar-refractivity contribution in [2.75, 3.05) is 11.9 Å². The summed E-state index contributed by atoms with van der Waals surface area (Å²) in [6.45, 7) is 6.30. The summed E-state index contributed by atoms with van der Waals surface area (Å²) in [5, 5.41) is 11.7. The minimum atomic E-state index is -0.331. The monoisotopic (exact) mass is 382 g/mol. The van der Waals surface area contributed by atoms with Crippen LogP contribution in [0.15, 0.2) is 59.8 Å². The van der Waals surface area contributed by atoms with Crippen molar-refractivity contribution < 1.29 is 9.53 Å². The fraction of sp³-hybridized carbons (Fsp3) is 0.250. The number of amides is 1. The van der Waals surface area contributed by atoms with E-state index in [1.54, 1.807) is 0 Å². The molecular formula is C20H22N4O2S. The molecule has 3 rings (SSSR count). The van der Waals surface area contributed by atoms with Gasteiger partial charge in [0, 0.05) is 11.4 Å². The molecule has 140 valence electrons. The van der Waals surface area contributed by atoms with Gasteiger partial charge in [0.15, 0.2) is 5.16 Å². The lowest BCUT2D eigenvalue weighted by Gasteiger charge is -2.13. The highest BCUT2D eigenvalue weighted by atomic mass is 32.2. The molecule has 3 aromatic rings. The van der Waals surface area contributed by atoms with Crippen LogP contribution in [-0.4, -0.2) is 32.5 Å². The Hall–Kier alpha value is -2.80. The van der Waals surface area contributed by atoms with Crippen molar-refractivity contribution >= 4 is 23.4 Å². The minimum absolute atomic E-state index is 0.0931. The number of anilines is 1. The molecule has 1 atom stereocenters. The zero-order chi connectivity index (χ0) is 19.2. The molecule has 0 bridgehead atoms. The van der Waals surface area contributed by atoms with Crippen molar-refractivity contribution in [3.8, 4) is 11.4 Å². The van der Waals surface area contributed by atoms with Crippen molar-refractivity contribution in [3.63, 3.8) is 0 Å². The Morgan fingerprint density at radius 1 is 1.15 bits per heavy atom. The van der Waals surface area contributed by atoms with Crippen molar-refractivity contribution in [1.82, 2.24) is 14.8 Å². The van der Waals surface area contributed by atoms with E-state index >= 15 is 0 Å². The molecule has 1 N–H and O–H groups in total. The van der Waals surface area contributed by atoms with Gasteiger partial charge in [0.25, 0.3) is 0 Å². The van der Waals surface area contributed by atoms with Crippen LogP contribution in [-0.2, 0) is 4.79 Å². The molecule has 1 aromatic heterocycles. The highest BCUT2D eigenvalue weighted by molar-refractivity contribution is 8.00. The maximum Gasteiger partial charge on any atom is 0.237 e. The second-order valence-electron chi connectivity index (χ2n) is 5.91. The second-order valence-corrected chi connectivity index (χ2v) is 7.22. The van der Waals surface area contributed by atoms with E-state index < -0.39 is 0 Å². The SMILES string of the molecule is CCOc1ccc(NC(=O)C(C)Sc2nnc(C)n2-c2ccccc2)cc1. The van der Waals surface area contributed by atoms with Gasteiger partial charge in [-0.1, -0.05) is 30.0 Å². The number of thioether (sulfide) groups is 1. The molecule has 0 aliphatic heterocycles. The molecule has 0 aliphatic rings. The first-order valence-corrected chi connectivity index (χ1v) is 9.64. The average molecular weight is 382 g/mol. The molecule has 1 unspecified atom stereocenters. The number of carbonyl (C=O) groups excluding carboxylic acids is 1. The molecule has 0 fully saturated rings. The van der Waals surface area contributed by atoms with E-state index in [0.29, 0.717) is 11.8 Å². The third-order valence-corrected chi connectivity index (χ3v) is 4.94. The number of aryl methyl sites for hydroxylation is 1. The maximum absolute atomic E-state index is 12.6. The number of hydrogen-bond acceptors (Lipinski definition) is 5. The molecule has 6 nitrogen and oxygen atoms in total. The summed E-state index contributed by atoms with van der Waals surface area (Å²) in [5.74, 6) is 1.47. The van der Waals surface area contributed by atoms with Gasteiger partial charge < -0.3 is 10.1 Å². The standard InChI is InChI=1S/C20H22N4O2S/c1-4-26-18-12-10-16(11-13-18)21-19(25)14(2)27-20-23-22-15(3)24(20)17-8-6-5-7-9-17/h5-14H,4H2,1-3H3,(H,21,25). The average Bonchev–Trinajstić information content (AvgIpc) is 3.04. The molecule has 0 saturated heterocycles. The highest BCUT2D eigenvalue weighted by Gasteiger charge is 2.20. The highest BCUT2D eigenvalue weighted by Crippen LogP contribution is 2.26. The minimum Gasteiger partial charge on any atom is -0.494 e. The van der Waals surface area contributed by atoms with Gasteiger partial charge in [-0.15, -0.1) is 10.2 Å². The number of para-hydroxylation sites is 1. The zero-order valence-corrected chi connectivity index (χ0v) is 16.4. The molecule has 0 spiro atoms. The van der Waals surface area contributed by atoms with Crippen molar-refractivity contribution in [1.29, 1.82) is 0 Å². The molecular weight excluding hydrogens is 360 g/mol. The Bertz CT molecular complexity index is 894. The number of aromatic nitrogens is 3. The van der Waals surface area contributed by atoms with Gasteiger partial charge in [0.05, 0.1) is 11.9 Å². The predicted molar refractivity (Wildman–Crippen MR) is 108 cm³/mol. The molecule has 0 radical (unpaired) electrons. The summed E-state index contributed by atoms with van der Waals surface area (Å²) >= 11 is 1.38. The summed E-state index contributed by atoms with van der Waals surface area (Å²) in [5.41, 5.74) is 1.71. The largest absolute Gasteiger partial charge is 0.494 e. The Labute approximate surface area is 163 Å². The summed E-state index contributed by atoms with van der Waals surface area (Å²) in [6.07, 6.45) is 0. The Kier molecular flexibility index (Phi) is 6.13. The van der Waals surface area contributed by atoms with Crippen molar-refractivity contribution in [3.05, 3.63) is 60.4 Å². The Balaban J connectivity index is 1.68. The number of nitrogens with zero attached hydrogens (tertiary/aromatic N) is 3. The molecule has 1 amide bonds. The summed E-state index contributed by atoms with van der Waals surface area (Å²) < 4.78 is 7.36. The van der Waals surface area contributed by atoms with Crippen LogP contribution in [0.25, 0.3) is 5.69 Å². The molecule has 2 aromatic carbocycles. The van der Waals surface area contributed by atoms with Crippen LogP contribution in [0, 0.1) is 6.92 Å². The molecule has 0 saturated carbocycles. The Morgan fingerprint density at radius 2 is 1.85 bits per heavy atom. The number of ether oxygens (including phenoxy) is 1. The number of nitrogens with one attached hydrogen (secondary N) is 1. The lowest BCUT2D eigenvalue weighted by molar-refractivity contribution is -0.115. The maximum atomic E-state index is 12.6. The van der Waals surface area contributed by atoms with Crippen molar-refractivity contribution in [2.45, 2.75) is 31.2 Å². The predicted octanol–water partition coefficient (Wildman–Crippen LogP) is 4.09. The number of rotatable bonds is 7. The first kappa shape index (κ1) is 19.0. The van der Waals surface area contributed by atoms with Gasteiger partial charge in [0.1, 0.15) is 11.6 Å². The first-order chi connectivity index (χ1) is 13.1. The van der Waals surface area contributed by atoms with Crippen LogP contribution in [0.4, 0.5) is 5.69 Å². The van der Waals surface area contributed by atoms with Crippen molar-refractivity contribution in [2.24, 2.45) is 0 Å². The van der Waals surface area contributed by atoms with Crippen LogP contribution in [0.5, 0.6) is 5.75 Å². The number of carbonyl (C=O) groups is 1. The summed E-state index contributed by atoms with van der Waals surface area (Å²) in [6, 6.07) is 17.2. The van der Waals surface area contributed by atoms with Gasteiger partial charge in [-0.25, -0.2) is 0 Å². The molecule has 0 aliphatic carbocycles. The van der Waals surface area contributed by atoms with Crippen LogP contribution in [0.1, 0.15) is 19.7 Å². The lowest BCUT2D eigenvalue weighted by atomic mass is 10.3. The van der Waals surface area contributed by atoms with E-state index in [2.05, 4.69) is 15.5 Å². The van der Waals surface area contributed by atoms with Gasteiger partial charge in [-0.3, -0.25) is 9.36 Å². The topological polar surface area (TPSA) is 69.0 Å². The van der Waals surface area contributed by atoms with E-state index in [9.17, 15) is 4.79 Å². The van der Waals surface area contributed by atoms with Gasteiger partial charge in [-0.2, -0.15) is 0 Å². The first-order valence-electron chi connectivity index (χ1n) is 8.76. The quantitative estimate of drug-likeness (QED) is 0.623. The van der Waals surface area contributed by atoms with E-state index in [1.165, 1.54) is 11.8 Å². The second kappa shape index (κ2) is 8.73. The van der Waals surface area contributed by atoms with Gasteiger partial charge >= 0.3 is 0 Å². The summed E-state index contributed by atoms with van der Waals surface area (Å²) in [7, 11) is 0. The van der Waals surface area contributed by atoms with Crippen LogP contribution in [0.3, 0.4) is 0 Å². The normalized spacial score (nSPS) is 11.8.